The fourth-order valence-corrected chi connectivity index (χ4v) is 2.64. The minimum absolute atomic E-state index is 0.370. The molecule has 0 radical (unpaired) electrons. The number of aromatic nitrogens is 3. The predicted octanol–water partition coefficient (Wildman–Crippen LogP) is 4.01. The van der Waals surface area contributed by atoms with Gasteiger partial charge in [0.05, 0.1) is 19.0 Å². The molecule has 1 aromatic heterocycles. The molecule has 1 heterocycles. The summed E-state index contributed by atoms with van der Waals surface area (Å²) in [7, 11) is 1.65. The van der Waals surface area contributed by atoms with E-state index in [9.17, 15) is 0 Å². The zero-order valence-corrected chi connectivity index (χ0v) is 13.8. The van der Waals surface area contributed by atoms with Crippen molar-refractivity contribution < 1.29 is 9.47 Å². The van der Waals surface area contributed by atoms with Crippen molar-refractivity contribution in [3.05, 3.63) is 78.6 Å². The maximum atomic E-state index is 5.85. The summed E-state index contributed by atoms with van der Waals surface area (Å²) in [5, 5.41) is 10.7. The molecule has 0 spiro atoms. The zero-order valence-electron chi connectivity index (χ0n) is 13.8. The molecule has 0 aliphatic heterocycles. The second kappa shape index (κ2) is 6.65. The van der Waals surface area contributed by atoms with Gasteiger partial charge in [0.2, 0.25) is 0 Å². The van der Waals surface area contributed by atoms with Crippen molar-refractivity contribution >= 4 is 10.8 Å². The van der Waals surface area contributed by atoms with Gasteiger partial charge in [-0.2, -0.15) is 0 Å². The van der Waals surface area contributed by atoms with Crippen molar-refractivity contribution in [2.24, 2.45) is 0 Å². The summed E-state index contributed by atoms with van der Waals surface area (Å²) in [6.45, 7) is 0.370. The van der Waals surface area contributed by atoms with Crippen LogP contribution in [0.3, 0.4) is 0 Å². The van der Waals surface area contributed by atoms with Crippen molar-refractivity contribution in [2.75, 3.05) is 7.11 Å². The van der Waals surface area contributed by atoms with E-state index in [-0.39, 0.29) is 0 Å². The third-order valence-corrected chi connectivity index (χ3v) is 3.99. The van der Waals surface area contributed by atoms with E-state index in [0.717, 1.165) is 28.3 Å². The Bertz CT molecular complexity index is 993. The standard InChI is InChI=1S/C20H17N3O2/c1-24-19-10-7-18(8-11-19)23-13-17(21-22-23)14-25-20-9-6-15-4-2-3-5-16(15)12-20/h2-13H,14H2,1H3. The van der Waals surface area contributed by atoms with Gasteiger partial charge in [-0.15, -0.1) is 5.10 Å². The first-order chi connectivity index (χ1) is 12.3. The minimum atomic E-state index is 0.370. The largest absolute Gasteiger partial charge is 0.497 e. The average Bonchev–Trinajstić information content (AvgIpc) is 3.15. The SMILES string of the molecule is COc1ccc(-n2cc(COc3ccc4ccccc4c3)nn2)cc1. The molecule has 0 saturated heterocycles. The predicted molar refractivity (Wildman–Crippen MR) is 96.2 cm³/mol. The quantitative estimate of drug-likeness (QED) is 0.554. The Kier molecular flexibility index (Phi) is 4.04. The highest BCUT2D eigenvalue weighted by Gasteiger charge is 2.05. The zero-order chi connectivity index (χ0) is 17.1. The highest BCUT2D eigenvalue weighted by atomic mass is 16.5. The summed E-state index contributed by atoms with van der Waals surface area (Å²) in [4.78, 5) is 0. The summed E-state index contributed by atoms with van der Waals surface area (Å²) < 4.78 is 12.7. The van der Waals surface area contributed by atoms with Gasteiger partial charge in [-0.3, -0.25) is 0 Å². The first kappa shape index (κ1) is 15.2. The number of hydrogen-bond donors (Lipinski definition) is 0. The Balaban J connectivity index is 1.46. The second-order valence-electron chi connectivity index (χ2n) is 5.65. The molecule has 0 amide bonds. The highest BCUT2D eigenvalue weighted by molar-refractivity contribution is 5.83. The molecule has 5 heteroatoms. The van der Waals surface area contributed by atoms with Gasteiger partial charge in [0.1, 0.15) is 23.8 Å². The van der Waals surface area contributed by atoms with E-state index in [0.29, 0.717) is 6.61 Å². The topological polar surface area (TPSA) is 49.2 Å². The average molecular weight is 331 g/mol. The fourth-order valence-electron chi connectivity index (χ4n) is 2.64. The maximum Gasteiger partial charge on any atom is 0.134 e. The van der Waals surface area contributed by atoms with Gasteiger partial charge in [0, 0.05) is 0 Å². The molecule has 0 saturated carbocycles. The van der Waals surface area contributed by atoms with Crippen LogP contribution < -0.4 is 9.47 Å². The number of methoxy groups -OCH3 is 1. The third kappa shape index (κ3) is 3.30. The van der Waals surface area contributed by atoms with E-state index in [1.807, 2.05) is 54.7 Å². The molecule has 0 aliphatic carbocycles. The van der Waals surface area contributed by atoms with Crippen LogP contribution in [0.15, 0.2) is 72.9 Å². The molecule has 0 N–H and O–H groups in total. The van der Waals surface area contributed by atoms with Gasteiger partial charge >= 0.3 is 0 Å². The van der Waals surface area contributed by atoms with Crippen LogP contribution in [-0.2, 0) is 6.61 Å². The van der Waals surface area contributed by atoms with Crippen LogP contribution >= 0.6 is 0 Å². The summed E-state index contributed by atoms with van der Waals surface area (Å²) in [5.41, 5.74) is 1.69. The van der Waals surface area contributed by atoms with Crippen LogP contribution in [-0.4, -0.2) is 22.1 Å². The van der Waals surface area contributed by atoms with Crippen molar-refractivity contribution in [1.82, 2.24) is 15.0 Å². The molecule has 124 valence electrons. The highest BCUT2D eigenvalue weighted by Crippen LogP contribution is 2.21. The molecule has 0 unspecified atom stereocenters. The van der Waals surface area contributed by atoms with E-state index in [4.69, 9.17) is 9.47 Å². The number of fused-ring (bicyclic) bond motifs is 1. The Labute approximate surface area is 145 Å². The summed E-state index contributed by atoms with van der Waals surface area (Å²) in [6.07, 6.45) is 1.86. The molecular formula is C20H17N3O2. The van der Waals surface area contributed by atoms with Crippen molar-refractivity contribution in [3.8, 4) is 17.2 Å². The van der Waals surface area contributed by atoms with Crippen LogP contribution in [0.1, 0.15) is 5.69 Å². The van der Waals surface area contributed by atoms with E-state index in [1.165, 1.54) is 5.39 Å². The third-order valence-electron chi connectivity index (χ3n) is 3.99. The van der Waals surface area contributed by atoms with E-state index < -0.39 is 0 Å². The molecule has 4 rings (SSSR count). The number of nitrogens with zero attached hydrogens (tertiary/aromatic N) is 3. The summed E-state index contributed by atoms with van der Waals surface area (Å²) in [5.74, 6) is 1.63. The Morgan fingerprint density at radius 2 is 1.64 bits per heavy atom. The van der Waals surface area contributed by atoms with Crippen molar-refractivity contribution in [2.45, 2.75) is 6.61 Å². The second-order valence-corrected chi connectivity index (χ2v) is 5.65. The van der Waals surface area contributed by atoms with Crippen molar-refractivity contribution in [1.29, 1.82) is 0 Å². The lowest BCUT2D eigenvalue weighted by Crippen LogP contribution is -1.96. The number of hydrogen-bond acceptors (Lipinski definition) is 4. The van der Waals surface area contributed by atoms with Gasteiger partial charge in [-0.05, 0) is 47.2 Å². The molecule has 0 aliphatic rings. The van der Waals surface area contributed by atoms with E-state index >= 15 is 0 Å². The fraction of sp³-hybridized carbons (Fsp3) is 0.100. The Hall–Kier alpha value is -3.34. The van der Waals surface area contributed by atoms with Gasteiger partial charge in [-0.25, -0.2) is 4.68 Å². The normalized spacial score (nSPS) is 10.8. The Morgan fingerprint density at radius 3 is 2.44 bits per heavy atom. The summed E-state index contributed by atoms with van der Waals surface area (Å²) in [6, 6.07) is 21.9. The monoisotopic (exact) mass is 331 g/mol. The number of ether oxygens (including phenoxy) is 2. The lowest BCUT2D eigenvalue weighted by molar-refractivity contribution is 0.301. The molecule has 5 nitrogen and oxygen atoms in total. The van der Waals surface area contributed by atoms with Gasteiger partial charge in [0.25, 0.3) is 0 Å². The van der Waals surface area contributed by atoms with Crippen LogP contribution in [0.4, 0.5) is 0 Å². The van der Waals surface area contributed by atoms with E-state index in [1.54, 1.807) is 11.8 Å². The Morgan fingerprint density at radius 1 is 0.880 bits per heavy atom. The van der Waals surface area contributed by atoms with Crippen molar-refractivity contribution in [3.63, 3.8) is 0 Å². The van der Waals surface area contributed by atoms with Crippen LogP contribution in [0.25, 0.3) is 16.5 Å². The minimum Gasteiger partial charge on any atom is -0.497 e. The lowest BCUT2D eigenvalue weighted by Gasteiger charge is -2.05. The molecule has 4 aromatic rings. The van der Waals surface area contributed by atoms with Gasteiger partial charge in [0.15, 0.2) is 0 Å². The number of rotatable bonds is 5. The molecule has 25 heavy (non-hydrogen) atoms. The van der Waals surface area contributed by atoms with Crippen LogP contribution in [0.5, 0.6) is 11.5 Å². The van der Waals surface area contributed by atoms with Crippen LogP contribution in [0, 0.1) is 0 Å². The summed E-state index contributed by atoms with van der Waals surface area (Å²) >= 11 is 0. The van der Waals surface area contributed by atoms with Gasteiger partial charge in [-0.1, -0.05) is 35.5 Å². The first-order valence-corrected chi connectivity index (χ1v) is 7.99. The lowest BCUT2D eigenvalue weighted by atomic mass is 10.1. The molecule has 0 bridgehead atoms. The maximum absolute atomic E-state index is 5.85. The molecular weight excluding hydrogens is 314 g/mol. The molecule has 3 aromatic carbocycles. The molecule has 0 fully saturated rings. The van der Waals surface area contributed by atoms with Crippen LogP contribution in [0.2, 0.25) is 0 Å². The van der Waals surface area contributed by atoms with E-state index in [2.05, 4.69) is 28.5 Å². The first-order valence-electron chi connectivity index (χ1n) is 7.99. The number of benzene rings is 3. The smallest absolute Gasteiger partial charge is 0.134 e. The van der Waals surface area contributed by atoms with Gasteiger partial charge < -0.3 is 9.47 Å². The molecule has 0 atom stereocenters.